The number of nitrogens with zero attached hydrogens (tertiary/aromatic N) is 1. The summed E-state index contributed by atoms with van der Waals surface area (Å²) in [5.74, 6) is 0. The first-order chi connectivity index (χ1) is 9.65. The molecule has 102 valence electrons. The van der Waals surface area contributed by atoms with E-state index in [9.17, 15) is 4.79 Å². The normalized spacial score (nSPS) is 13.2. The van der Waals surface area contributed by atoms with Crippen LogP contribution < -0.4 is 16.0 Å². The van der Waals surface area contributed by atoms with Crippen molar-refractivity contribution in [3.8, 4) is 0 Å². The summed E-state index contributed by atoms with van der Waals surface area (Å²) in [6, 6.07) is 12.6. The average Bonchev–Trinajstić information content (AvgIpc) is 2.84. The second-order valence-corrected chi connectivity index (χ2v) is 5.11. The van der Waals surface area contributed by atoms with Crippen molar-refractivity contribution in [3.05, 3.63) is 53.1 Å². The SMILES string of the molecule is Nc1ccc2c(c1)CCN2C(=O)Nc1ccccc1Cl. The van der Waals surface area contributed by atoms with Gasteiger partial charge in [-0.3, -0.25) is 4.90 Å². The number of para-hydroxylation sites is 1. The maximum Gasteiger partial charge on any atom is 0.326 e. The topological polar surface area (TPSA) is 58.4 Å². The van der Waals surface area contributed by atoms with Gasteiger partial charge in [0, 0.05) is 17.9 Å². The Kier molecular flexibility index (Phi) is 3.24. The molecular weight excluding hydrogens is 274 g/mol. The summed E-state index contributed by atoms with van der Waals surface area (Å²) in [5, 5.41) is 3.36. The highest BCUT2D eigenvalue weighted by atomic mass is 35.5. The third kappa shape index (κ3) is 2.30. The number of rotatable bonds is 1. The molecule has 2 aromatic carbocycles. The number of carbonyl (C=O) groups excluding carboxylic acids is 1. The summed E-state index contributed by atoms with van der Waals surface area (Å²) in [4.78, 5) is 14.0. The molecule has 1 aliphatic heterocycles. The van der Waals surface area contributed by atoms with Crippen molar-refractivity contribution in [1.82, 2.24) is 0 Å². The summed E-state index contributed by atoms with van der Waals surface area (Å²) < 4.78 is 0. The van der Waals surface area contributed by atoms with Crippen LogP contribution in [-0.4, -0.2) is 12.6 Å². The second kappa shape index (κ2) is 5.06. The Bertz CT molecular complexity index is 672. The Morgan fingerprint density at radius 1 is 1.25 bits per heavy atom. The molecule has 1 aliphatic rings. The molecule has 0 spiro atoms. The first-order valence-electron chi connectivity index (χ1n) is 6.36. The van der Waals surface area contributed by atoms with Gasteiger partial charge >= 0.3 is 6.03 Å². The van der Waals surface area contributed by atoms with Gasteiger partial charge < -0.3 is 11.1 Å². The van der Waals surface area contributed by atoms with Crippen molar-refractivity contribution in [3.63, 3.8) is 0 Å². The first kappa shape index (κ1) is 12.8. The third-order valence-corrected chi connectivity index (χ3v) is 3.69. The summed E-state index contributed by atoms with van der Waals surface area (Å²) in [5.41, 5.74) is 9.10. The number of amides is 2. The summed E-state index contributed by atoms with van der Waals surface area (Å²) in [7, 11) is 0. The fraction of sp³-hybridized carbons (Fsp3) is 0.133. The van der Waals surface area contributed by atoms with Crippen LogP contribution in [0.3, 0.4) is 0 Å². The van der Waals surface area contributed by atoms with Crippen molar-refractivity contribution in [2.75, 3.05) is 22.5 Å². The maximum atomic E-state index is 12.3. The quantitative estimate of drug-likeness (QED) is 0.789. The number of nitrogens with one attached hydrogen (secondary N) is 1. The first-order valence-corrected chi connectivity index (χ1v) is 6.74. The van der Waals surface area contributed by atoms with Gasteiger partial charge in [-0.25, -0.2) is 4.79 Å². The monoisotopic (exact) mass is 287 g/mol. The minimum atomic E-state index is -0.179. The van der Waals surface area contributed by atoms with E-state index in [0.29, 0.717) is 17.3 Å². The zero-order valence-corrected chi connectivity index (χ0v) is 11.5. The number of nitrogen functional groups attached to an aromatic ring is 1. The van der Waals surface area contributed by atoms with Gasteiger partial charge in [0.2, 0.25) is 0 Å². The number of urea groups is 1. The average molecular weight is 288 g/mol. The number of nitrogens with two attached hydrogens (primary N) is 1. The molecule has 0 aromatic heterocycles. The van der Waals surface area contributed by atoms with Crippen LogP contribution in [0.4, 0.5) is 21.9 Å². The van der Waals surface area contributed by atoms with Crippen molar-refractivity contribution in [2.45, 2.75) is 6.42 Å². The molecule has 0 bridgehead atoms. The van der Waals surface area contributed by atoms with Gasteiger partial charge in [-0.2, -0.15) is 0 Å². The van der Waals surface area contributed by atoms with Crippen LogP contribution in [0.5, 0.6) is 0 Å². The predicted octanol–water partition coefficient (Wildman–Crippen LogP) is 3.52. The van der Waals surface area contributed by atoms with Crippen LogP contribution in [0.2, 0.25) is 5.02 Å². The highest BCUT2D eigenvalue weighted by molar-refractivity contribution is 6.33. The Morgan fingerprint density at radius 2 is 2.05 bits per heavy atom. The maximum absolute atomic E-state index is 12.3. The molecule has 3 N–H and O–H groups in total. The second-order valence-electron chi connectivity index (χ2n) is 4.70. The Morgan fingerprint density at radius 3 is 2.85 bits per heavy atom. The lowest BCUT2D eigenvalue weighted by molar-refractivity contribution is 0.257. The van der Waals surface area contributed by atoms with Gasteiger partial charge in [-0.15, -0.1) is 0 Å². The number of fused-ring (bicyclic) bond motifs is 1. The summed E-state index contributed by atoms with van der Waals surface area (Å²) in [6.07, 6.45) is 0.816. The standard InChI is InChI=1S/C15H14ClN3O/c16-12-3-1-2-4-13(12)18-15(20)19-8-7-10-9-11(17)5-6-14(10)19/h1-6,9H,7-8,17H2,(H,18,20). The van der Waals surface area contributed by atoms with Crippen LogP contribution in [0.25, 0.3) is 0 Å². The molecule has 0 atom stereocenters. The van der Waals surface area contributed by atoms with E-state index in [1.54, 1.807) is 23.1 Å². The molecule has 0 saturated carbocycles. The van der Waals surface area contributed by atoms with Crippen LogP contribution in [0, 0.1) is 0 Å². The number of halogens is 1. The minimum Gasteiger partial charge on any atom is -0.399 e. The molecule has 2 aromatic rings. The lowest BCUT2D eigenvalue weighted by atomic mass is 10.1. The zero-order valence-electron chi connectivity index (χ0n) is 10.8. The number of hydrogen-bond acceptors (Lipinski definition) is 2. The molecule has 1 heterocycles. The fourth-order valence-electron chi connectivity index (χ4n) is 2.38. The Hall–Kier alpha value is -2.20. The fourth-order valence-corrected chi connectivity index (χ4v) is 2.56. The van der Waals surface area contributed by atoms with E-state index < -0.39 is 0 Å². The van der Waals surface area contributed by atoms with E-state index in [0.717, 1.165) is 23.4 Å². The molecule has 0 fully saturated rings. The van der Waals surface area contributed by atoms with Gasteiger partial charge in [0.25, 0.3) is 0 Å². The molecule has 0 radical (unpaired) electrons. The number of anilines is 3. The molecule has 0 unspecified atom stereocenters. The van der Waals surface area contributed by atoms with Gasteiger partial charge in [0.05, 0.1) is 10.7 Å². The smallest absolute Gasteiger partial charge is 0.326 e. The number of benzene rings is 2. The van der Waals surface area contributed by atoms with Gasteiger partial charge in [-0.1, -0.05) is 23.7 Å². The van der Waals surface area contributed by atoms with Crippen molar-refractivity contribution in [2.24, 2.45) is 0 Å². The van der Waals surface area contributed by atoms with Crippen LogP contribution in [0.15, 0.2) is 42.5 Å². The van der Waals surface area contributed by atoms with Crippen molar-refractivity contribution < 1.29 is 4.79 Å². The molecule has 2 amide bonds. The largest absolute Gasteiger partial charge is 0.399 e. The lowest BCUT2D eigenvalue weighted by Crippen LogP contribution is -2.33. The molecule has 5 heteroatoms. The molecular formula is C15H14ClN3O. The van der Waals surface area contributed by atoms with Crippen LogP contribution >= 0.6 is 11.6 Å². The minimum absolute atomic E-state index is 0.179. The third-order valence-electron chi connectivity index (χ3n) is 3.36. The predicted molar refractivity (Wildman–Crippen MR) is 82.4 cm³/mol. The molecule has 4 nitrogen and oxygen atoms in total. The zero-order chi connectivity index (χ0) is 14.1. The number of carbonyl (C=O) groups is 1. The van der Waals surface area contributed by atoms with E-state index in [-0.39, 0.29) is 6.03 Å². The highest BCUT2D eigenvalue weighted by Crippen LogP contribution is 2.30. The van der Waals surface area contributed by atoms with Crippen LogP contribution in [-0.2, 0) is 6.42 Å². The molecule has 20 heavy (non-hydrogen) atoms. The Labute approximate surface area is 122 Å². The van der Waals surface area contributed by atoms with E-state index in [1.807, 2.05) is 24.3 Å². The van der Waals surface area contributed by atoms with Crippen LogP contribution in [0.1, 0.15) is 5.56 Å². The van der Waals surface area contributed by atoms with Gasteiger partial charge in [0.15, 0.2) is 0 Å². The molecule has 0 saturated heterocycles. The molecule has 0 aliphatic carbocycles. The van der Waals surface area contributed by atoms with E-state index in [2.05, 4.69) is 5.32 Å². The Balaban J connectivity index is 1.82. The van der Waals surface area contributed by atoms with Gasteiger partial charge in [0.1, 0.15) is 0 Å². The molecule has 3 rings (SSSR count). The number of hydrogen-bond donors (Lipinski definition) is 2. The van der Waals surface area contributed by atoms with Crippen molar-refractivity contribution in [1.29, 1.82) is 0 Å². The summed E-state index contributed by atoms with van der Waals surface area (Å²) in [6.45, 7) is 0.648. The summed E-state index contributed by atoms with van der Waals surface area (Å²) >= 11 is 6.05. The van der Waals surface area contributed by atoms with E-state index in [4.69, 9.17) is 17.3 Å². The highest BCUT2D eigenvalue weighted by Gasteiger charge is 2.24. The van der Waals surface area contributed by atoms with E-state index in [1.165, 1.54) is 0 Å². The lowest BCUT2D eigenvalue weighted by Gasteiger charge is -2.18. The van der Waals surface area contributed by atoms with Gasteiger partial charge in [-0.05, 0) is 42.3 Å². The van der Waals surface area contributed by atoms with Crippen molar-refractivity contribution >= 4 is 34.7 Å². The van der Waals surface area contributed by atoms with E-state index >= 15 is 0 Å².